The number of hydrogen-bond acceptors (Lipinski definition) is 18. The first kappa shape index (κ1) is 66.5. The summed E-state index contributed by atoms with van der Waals surface area (Å²) in [6.07, 6.45) is -3.91. The number of amides is 10. The van der Waals surface area contributed by atoms with Crippen molar-refractivity contribution in [3.63, 3.8) is 0 Å². The number of primary amides is 1. The van der Waals surface area contributed by atoms with E-state index in [0.29, 0.717) is 28.5 Å². The fourth-order valence-electron chi connectivity index (χ4n) is 7.68. The zero-order valence-electron chi connectivity index (χ0n) is 44.5. The lowest BCUT2D eigenvalue weighted by molar-refractivity contribution is -0.145. The molecule has 3 rings (SSSR count). The molecule has 0 fully saturated rings. The second kappa shape index (κ2) is 31.7. The van der Waals surface area contributed by atoms with E-state index in [-0.39, 0.29) is 24.5 Å². The van der Waals surface area contributed by atoms with Crippen LogP contribution in [0.5, 0.6) is 5.75 Å². The predicted octanol–water partition coefficient (Wildman–Crippen LogP) is -6.79. The Balaban J connectivity index is 1.72. The van der Waals surface area contributed by atoms with Crippen molar-refractivity contribution >= 4 is 81.9 Å². The molecule has 31 heteroatoms. The fraction of sp³-hybridized carbons (Fsp3) is 0.480. The molecule has 2 aromatic carbocycles. The van der Waals surface area contributed by atoms with Gasteiger partial charge < -0.3 is 100 Å². The summed E-state index contributed by atoms with van der Waals surface area (Å²) in [5, 5.41) is 89.8. The first-order chi connectivity index (χ1) is 38.1. The number of H-pyrrole nitrogens is 1. The average Bonchev–Trinajstić information content (AvgIpc) is 3.84. The molecule has 0 unspecified atom stereocenters. The van der Waals surface area contributed by atoms with Gasteiger partial charge in [0.2, 0.25) is 59.1 Å². The summed E-state index contributed by atoms with van der Waals surface area (Å²) in [6.45, 7) is 2.21. The number of phenols is 1. The van der Waals surface area contributed by atoms with Crippen LogP contribution < -0.4 is 59.3 Å². The van der Waals surface area contributed by atoms with Gasteiger partial charge in [0.1, 0.15) is 48.0 Å². The van der Waals surface area contributed by atoms with Gasteiger partial charge in [0, 0.05) is 29.9 Å². The molecule has 0 spiro atoms. The van der Waals surface area contributed by atoms with E-state index >= 15 is 0 Å². The number of nitrogens with two attached hydrogens (primary N) is 2. The van der Waals surface area contributed by atoms with Crippen molar-refractivity contribution in [2.24, 2.45) is 17.4 Å². The SMILES string of the molecule is CC[C@H](C)[C@H](N)C(=O)N[C@@H](Cc1ccc(O)cc1)C(=O)N[C@@H](CO)C(=O)N[C@@H](CC(N)=O)C(=O)N[C@@H](CO)C(=O)N[C@@H](CC(=O)O)C(=O)NCC(=O)N[C@H](C(=O)N[C@@H](Cc1c[nH]c2ccccc12)C(=O)N[C@H](C(=O)O)[C@@H](C)O)[C@@H](C)O. The minimum atomic E-state index is -2.06. The minimum Gasteiger partial charge on any atom is -0.508 e. The second-order valence-electron chi connectivity index (χ2n) is 18.9. The number of hydrogen-bond donors (Lipinski definition) is 19. The number of aliphatic hydroxyl groups is 4. The van der Waals surface area contributed by atoms with Crippen LogP contribution in [0.4, 0.5) is 0 Å². The number of fused-ring (bicyclic) bond motifs is 1. The summed E-state index contributed by atoms with van der Waals surface area (Å²) >= 11 is 0. The van der Waals surface area contributed by atoms with Gasteiger partial charge in [0.25, 0.3) is 0 Å². The van der Waals surface area contributed by atoms with Crippen LogP contribution in [-0.4, -0.2) is 198 Å². The number of para-hydroxylation sites is 1. The van der Waals surface area contributed by atoms with Crippen molar-refractivity contribution in [3.05, 3.63) is 65.9 Å². The molecule has 10 amide bonds. The highest BCUT2D eigenvalue weighted by molar-refractivity contribution is 6.00. The third kappa shape index (κ3) is 20.8. The van der Waals surface area contributed by atoms with Gasteiger partial charge in [0.05, 0.1) is 50.8 Å². The van der Waals surface area contributed by atoms with E-state index in [9.17, 15) is 93.3 Å². The summed E-state index contributed by atoms with van der Waals surface area (Å²) in [7, 11) is 0. The zero-order chi connectivity index (χ0) is 60.8. The van der Waals surface area contributed by atoms with Crippen LogP contribution in [-0.2, 0) is 70.4 Å². The number of carboxylic acid groups (broad SMARTS) is 2. The van der Waals surface area contributed by atoms with Crippen molar-refractivity contribution in [2.75, 3.05) is 19.8 Å². The Morgan fingerprint density at radius 3 is 1.57 bits per heavy atom. The Morgan fingerprint density at radius 2 is 1.05 bits per heavy atom. The third-order valence-corrected chi connectivity index (χ3v) is 12.5. The maximum atomic E-state index is 13.6. The highest BCUT2D eigenvalue weighted by Crippen LogP contribution is 2.20. The number of aliphatic carboxylic acids is 2. The molecular weight excluding hydrogens is 1070 g/mol. The highest BCUT2D eigenvalue weighted by Gasteiger charge is 2.37. The number of nitrogens with one attached hydrogen (secondary N) is 10. The van der Waals surface area contributed by atoms with E-state index in [1.54, 1.807) is 38.1 Å². The van der Waals surface area contributed by atoms with Gasteiger partial charge in [-0.05, 0) is 49.1 Å². The fourth-order valence-corrected chi connectivity index (χ4v) is 7.68. The number of phenolic OH excluding ortho intramolecular Hbond substituents is 1. The van der Waals surface area contributed by atoms with E-state index in [1.165, 1.54) is 30.5 Å². The third-order valence-electron chi connectivity index (χ3n) is 12.5. The number of aromatic nitrogens is 1. The lowest BCUT2D eigenvalue weighted by Crippen LogP contribution is -2.61. The molecule has 444 valence electrons. The van der Waals surface area contributed by atoms with Crippen LogP contribution in [0, 0.1) is 5.92 Å². The molecule has 3 aromatic rings. The Kier molecular flexibility index (Phi) is 26.0. The number of aromatic amines is 1. The van der Waals surface area contributed by atoms with Crippen molar-refractivity contribution in [1.29, 1.82) is 0 Å². The maximum absolute atomic E-state index is 13.6. The van der Waals surface area contributed by atoms with Crippen molar-refractivity contribution in [1.82, 2.24) is 52.8 Å². The first-order valence-electron chi connectivity index (χ1n) is 25.2. The smallest absolute Gasteiger partial charge is 0.328 e. The molecule has 0 saturated carbocycles. The van der Waals surface area contributed by atoms with Gasteiger partial charge in [-0.1, -0.05) is 50.6 Å². The Hall–Kier alpha value is -8.78. The lowest BCUT2D eigenvalue weighted by Gasteiger charge is -2.27. The number of carbonyl (C=O) groups is 12. The van der Waals surface area contributed by atoms with Gasteiger partial charge in [-0.25, -0.2) is 4.79 Å². The Morgan fingerprint density at radius 1 is 0.568 bits per heavy atom. The monoisotopic (exact) mass is 1140 g/mol. The van der Waals surface area contributed by atoms with Crippen molar-refractivity contribution in [2.45, 2.75) is 126 Å². The molecule has 0 aliphatic rings. The lowest BCUT2D eigenvalue weighted by atomic mass is 9.98. The van der Waals surface area contributed by atoms with Crippen LogP contribution in [0.25, 0.3) is 10.9 Å². The number of carboxylic acids is 2. The van der Waals surface area contributed by atoms with E-state index in [0.717, 1.165) is 13.8 Å². The van der Waals surface area contributed by atoms with E-state index in [1.807, 2.05) is 16.0 Å². The summed E-state index contributed by atoms with van der Waals surface area (Å²) in [4.78, 5) is 159. The number of benzene rings is 2. The van der Waals surface area contributed by atoms with Crippen LogP contribution >= 0.6 is 0 Å². The van der Waals surface area contributed by atoms with Crippen molar-refractivity contribution < 1.29 is 93.3 Å². The summed E-state index contributed by atoms with van der Waals surface area (Å²) in [6, 6.07) is -3.38. The van der Waals surface area contributed by atoms with E-state index in [4.69, 9.17) is 11.5 Å². The normalized spacial score (nSPS) is 15.6. The molecule has 31 nitrogen and oxygen atoms in total. The standard InChI is InChI=1S/C50H70N12O19/c1-5-22(2)39(52)48(78)57-30(14-25-10-12-27(67)13-11-25)43(73)59-34(20-63)46(76)55-32(16-36(51)68)44(74)60-35(21-64)47(77)56-33(17-38(70)71)42(72)54-19-37(69)61-40(23(3)65)49(79)58-31(45(75)62-41(24(4)66)50(80)81)15-26-18-53-29-9-7-6-8-28(26)29/h6-13,18,22-24,30-35,39-41,53,63-67H,5,14-17,19-21,52H2,1-4H3,(H2,51,68)(H,54,72)(H,55,76)(H,56,77)(H,57,78)(H,58,79)(H,59,73)(H,60,74)(H,61,69)(H,62,75)(H,70,71)(H,80,81)/t22-,23+,24+,30-,31-,32-,33-,34-,35-,39-,40-,41-/m0/s1. The quantitative estimate of drug-likeness (QED) is 0.0269. The maximum Gasteiger partial charge on any atom is 0.328 e. The molecule has 0 aliphatic heterocycles. The molecular formula is C50H70N12O19. The van der Waals surface area contributed by atoms with Gasteiger partial charge in [-0.15, -0.1) is 0 Å². The van der Waals surface area contributed by atoms with Gasteiger partial charge in [-0.2, -0.15) is 0 Å². The molecule has 12 atom stereocenters. The van der Waals surface area contributed by atoms with Crippen LogP contribution in [0.1, 0.15) is 58.1 Å². The van der Waals surface area contributed by atoms with Gasteiger partial charge in [0.15, 0.2) is 6.04 Å². The molecule has 81 heavy (non-hydrogen) atoms. The van der Waals surface area contributed by atoms with E-state index in [2.05, 4.69) is 36.9 Å². The Labute approximate surface area is 462 Å². The number of carbonyl (C=O) groups excluding carboxylic acids is 10. The molecule has 1 aromatic heterocycles. The summed E-state index contributed by atoms with van der Waals surface area (Å²) in [5.41, 5.74) is 12.9. The molecule has 21 N–H and O–H groups in total. The first-order valence-corrected chi connectivity index (χ1v) is 25.2. The van der Waals surface area contributed by atoms with E-state index < -0.39 is 170 Å². The molecule has 0 bridgehead atoms. The minimum absolute atomic E-state index is 0.102. The van der Waals surface area contributed by atoms with Crippen LogP contribution in [0.3, 0.4) is 0 Å². The van der Waals surface area contributed by atoms with Crippen molar-refractivity contribution in [3.8, 4) is 5.75 Å². The second-order valence-corrected chi connectivity index (χ2v) is 18.9. The highest BCUT2D eigenvalue weighted by atomic mass is 16.4. The Bertz CT molecular complexity index is 2740. The molecule has 0 radical (unpaired) electrons. The number of rotatable bonds is 33. The largest absolute Gasteiger partial charge is 0.508 e. The van der Waals surface area contributed by atoms with Crippen LogP contribution in [0.15, 0.2) is 54.7 Å². The summed E-state index contributed by atoms with van der Waals surface area (Å²) < 4.78 is 0. The topological polar surface area (TPSA) is 523 Å². The number of aromatic hydroxyl groups is 1. The van der Waals surface area contributed by atoms with Crippen LogP contribution in [0.2, 0.25) is 0 Å². The summed E-state index contributed by atoms with van der Waals surface area (Å²) in [5.74, 6) is -15.6. The molecule has 1 heterocycles. The zero-order valence-corrected chi connectivity index (χ0v) is 44.5. The predicted molar refractivity (Wildman–Crippen MR) is 281 cm³/mol. The van der Waals surface area contributed by atoms with Gasteiger partial charge >= 0.3 is 11.9 Å². The number of aliphatic hydroxyl groups excluding tert-OH is 4. The average molecular weight is 1140 g/mol. The van der Waals surface area contributed by atoms with Gasteiger partial charge in [-0.3, -0.25) is 52.7 Å². The molecule has 0 saturated heterocycles. The molecule has 0 aliphatic carbocycles.